The Labute approximate surface area is 158 Å². The lowest BCUT2D eigenvalue weighted by Crippen LogP contribution is -2.23. The highest BCUT2D eigenvalue weighted by molar-refractivity contribution is 5.91. The third kappa shape index (κ3) is 6.18. The minimum absolute atomic E-state index is 0.192. The lowest BCUT2D eigenvalue weighted by atomic mass is 10.1. The van der Waals surface area contributed by atoms with Crippen molar-refractivity contribution < 1.29 is 23.8 Å². The van der Waals surface area contributed by atoms with Gasteiger partial charge in [-0.15, -0.1) is 0 Å². The number of carbonyl (C=O) groups is 2. The summed E-state index contributed by atoms with van der Waals surface area (Å²) in [5, 5.41) is 2.83. The van der Waals surface area contributed by atoms with Crippen LogP contribution in [-0.2, 0) is 16.0 Å². The quantitative estimate of drug-likeness (QED) is 0.572. The van der Waals surface area contributed by atoms with Gasteiger partial charge in [0.2, 0.25) is 5.91 Å². The van der Waals surface area contributed by atoms with Gasteiger partial charge in [-0.25, -0.2) is 4.79 Å². The second-order valence-corrected chi connectivity index (χ2v) is 5.71. The molecule has 2 aromatic carbocycles. The third-order valence-corrected chi connectivity index (χ3v) is 3.89. The molecule has 6 nitrogen and oxygen atoms in total. The first-order chi connectivity index (χ1) is 13.0. The first-order valence-electron chi connectivity index (χ1n) is 8.42. The van der Waals surface area contributed by atoms with Crippen molar-refractivity contribution in [3.8, 4) is 11.5 Å². The maximum Gasteiger partial charge on any atom is 0.337 e. The van der Waals surface area contributed by atoms with Gasteiger partial charge in [0.05, 0.1) is 26.9 Å². The van der Waals surface area contributed by atoms with Crippen LogP contribution in [0.2, 0.25) is 0 Å². The van der Waals surface area contributed by atoms with E-state index >= 15 is 0 Å². The Bertz CT molecular complexity index is 790. The van der Waals surface area contributed by atoms with E-state index in [1.807, 2.05) is 24.3 Å². The van der Waals surface area contributed by atoms with Gasteiger partial charge in [-0.05, 0) is 47.9 Å². The molecule has 0 aliphatic heterocycles. The van der Waals surface area contributed by atoms with Crippen molar-refractivity contribution in [3.63, 3.8) is 0 Å². The van der Waals surface area contributed by atoms with E-state index in [0.29, 0.717) is 30.0 Å². The van der Waals surface area contributed by atoms with E-state index in [4.69, 9.17) is 9.47 Å². The van der Waals surface area contributed by atoms with Gasteiger partial charge in [-0.3, -0.25) is 4.79 Å². The first-order valence-corrected chi connectivity index (χ1v) is 8.42. The highest BCUT2D eigenvalue weighted by Gasteiger charge is 2.04. The van der Waals surface area contributed by atoms with Crippen molar-refractivity contribution in [1.82, 2.24) is 5.32 Å². The molecule has 0 aromatic heterocycles. The molecule has 0 saturated carbocycles. The van der Waals surface area contributed by atoms with E-state index in [0.717, 1.165) is 11.1 Å². The van der Waals surface area contributed by atoms with Gasteiger partial charge in [0.1, 0.15) is 11.5 Å². The molecular weight excluding hydrogens is 346 g/mol. The smallest absolute Gasteiger partial charge is 0.337 e. The van der Waals surface area contributed by atoms with E-state index < -0.39 is 0 Å². The van der Waals surface area contributed by atoms with E-state index in [2.05, 4.69) is 10.1 Å². The second-order valence-electron chi connectivity index (χ2n) is 5.71. The van der Waals surface area contributed by atoms with E-state index in [1.54, 1.807) is 38.5 Å². The van der Waals surface area contributed by atoms with Crippen LogP contribution in [0.15, 0.2) is 48.5 Å². The van der Waals surface area contributed by atoms with Crippen LogP contribution in [0.5, 0.6) is 11.5 Å². The second kappa shape index (κ2) is 10.0. The third-order valence-electron chi connectivity index (χ3n) is 3.89. The summed E-state index contributed by atoms with van der Waals surface area (Å²) in [5.74, 6) is 0.756. The molecule has 0 aliphatic carbocycles. The fourth-order valence-corrected chi connectivity index (χ4v) is 2.41. The average molecular weight is 369 g/mol. The summed E-state index contributed by atoms with van der Waals surface area (Å²) in [5.41, 5.74) is 2.33. The zero-order valence-corrected chi connectivity index (χ0v) is 15.7. The molecular formula is C21H23NO5. The zero-order valence-electron chi connectivity index (χ0n) is 15.7. The number of rotatable bonds is 8. The number of esters is 1. The Hall–Kier alpha value is -3.28. The van der Waals surface area contributed by atoms with Gasteiger partial charge in [-0.1, -0.05) is 12.1 Å². The van der Waals surface area contributed by atoms with Gasteiger partial charge < -0.3 is 19.5 Å². The largest absolute Gasteiger partial charge is 0.497 e. The predicted molar refractivity (Wildman–Crippen MR) is 103 cm³/mol. The average Bonchev–Trinajstić information content (AvgIpc) is 2.71. The number of ether oxygens (including phenoxy) is 3. The van der Waals surface area contributed by atoms with Gasteiger partial charge in [0.25, 0.3) is 0 Å². The molecule has 0 unspecified atom stereocenters. The molecule has 6 heteroatoms. The molecule has 0 atom stereocenters. The summed E-state index contributed by atoms with van der Waals surface area (Å²) in [6.45, 7) is 0.488. The van der Waals surface area contributed by atoms with Crippen LogP contribution in [0, 0.1) is 0 Å². The number of hydrogen-bond donors (Lipinski definition) is 1. The molecule has 0 bridgehead atoms. The van der Waals surface area contributed by atoms with E-state index in [9.17, 15) is 9.59 Å². The van der Waals surface area contributed by atoms with Crippen molar-refractivity contribution in [2.24, 2.45) is 0 Å². The number of benzene rings is 2. The predicted octanol–water partition coefficient (Wildman–Crippen LogP) is 2.86. The van der Waals surface area contributed by atoms with Gasteiger partial charge in [0, 0.05) is 18.7 Å². The highest BCUT2D eigenvalue weighted by atomic mass is 16.5. The zero-order chi connectivity index (χ0) is 19.6. The summed E-state index contributed by atoms with van der Waals surface area (Å²) in [7, 11) is 4.50. The highest BCUT2D eigenvalue weighted by Crippen LogP contribution is 2.23. The summed E-state index contributed by atoms with van der Waals surface area (Å²) in [4.78, 5) is 23.4. The molecule has 1 amide bonds. The molecule has 0 heterocycles. The Kier molecular flexibility index (Phi) is 7.43. The minimum Gasteiger partial charge on any atom is -0.497 e. The lowest BCUT2D eigenvalue weighted by Gasteiger charge is -2.06. The summed E-state index contributed by atoms with van der Waals surface area (Å²) < 4.78 is 15.1. The van der Waals surface area contributed by atoms with Gasteiger partial charge >= 0.3 is 5.97 Å². The summed E-state index contributed by atoms with van der Waals surface area (Å²) in [6, 6.07) is 12.5. The Morgan fingerprint density at radius 3 is 2.15 bits per heavy atom. The van der Waals surface area contributed by atoms with Crippen LogP contribution >= 0.6 is 0 Å². The number of nitrogens with one attached hydrogen (secondary N) is 1. The number of methoxy groups -OCH3 is 3. The Morgan fingerprint density at radius 1 is 0.963 bits per heavy atom. The van der Waals surface area contributed by atoms with Crippen LogP contribution in [-0.4, -0.2) is 39.8 Å². The fraction of sp³-hybridized carbons (Fsp3) is 0.238. The van der Waals surface area contributed by atoms with Crippen molar-refractivity contribution in [2.45, 2.75) is 6.42 Å². The Morgan fingerprint density at radius 2 is 1.59 bits per heavy atom. The molecule has 0 saturated heterocycles. The van der Waals surface area contributed by atoms with Crippen molar-refractivity contribution in [3.05, 3.63) is 65.2 Å². The summed E-state index contributed by atoms with van der Waals surface area (Å²) >= 11 is 0. The lowest BCUT2D eigenvalue weighted by molar-refractivity contribution is -0.116. The molecule has 2 aromatic rings. The summed E-state index contributed by atoms with van der Waals surface area (Å²) in [6.07, 6.45) is 3.83. The van der Waals surface area contributed by atoms with Gasteiger partial charge in [-0.2, -0.15) is 0 Å². The number of hydrogen-bond acceptors (Lipinski definition) is 5. The van der Waals surface area contributed by atoms with Crippen molar-refractivity contribution in [1.29, 1.82) is 0 Å². The maximum atomic E-state index is 12.0. The van der Waals surface area contributed by atoms with Crippen molar-refractivity contribution in [2.75, 3.05) is 27.9 Å². The normalized spacial score (nSPS) is 10.5. The van der Waals surface area contributed by atoms with Crippen LogP contribution in [0.25, 0.3) is 6.08 Å². The maximum absolute atomic E-state index is 12.0. The van der Waals surface area contributed by atoms with Gasteiger partial charge in [0.15, 0.2) is 0 Å². The molecule has 2 rings (SSSR count). The first kappa shape index (κ1) is 20.0. The monoisotopic (exact) mass is 369 g/mol. The molecule has 27 heavy (non-hydrogen) atoms. The molecule has 142 valence electrons. The standard InChI is InChI=1S/C21H23NO5/c1-25-18-12-16(13-19(14-18)26-2)6-9-20(23)22-11-10-15-4-7-17(8-5-15)21(24)27-3/h4-9,12-14H,10-11H2,1-3H3,(H,22,23)/b9-6+. The Balaban J connectivity index is 1.85. The van der Waals surface area contributed by atoms with Crippen LogP contribution < -0.4 is 14.8 Å². The number of carbonyl (C=O) groups excluding carboxylic acids is 2. The fourth-order valence-electron chi connectivity index (χ4n) is 2.41. The molecule has 0 spiro atoms. The number of amides is 1. The van der Waals surface area contributed by atoms with E-state index in [1.165, 1.54) is 13.2 Å². The topological polar surface area (TPSA) is 73.9 Å². The minimum atomic E-state index is -0.367. The SMILES string of the molecule is COC(=O)c1ccc(CCNC(=O)/C=C/c2cc(OC)cc(OC)c2)cc1. The molecule has 1 N–H and O–H groups in total. The van der Waals surface area contributed by atoms with Crippen molar-refractivity contribution >= 4 is 18.0 Å². The molecule has 0 radical (unpaired) electrons. The van der Waals surface area contributed by atoms with E-state index in [-0.39, 0.29) is 11.9 Å². The molecule has 0 aliphatic rings. The molecule has 0 fully saturated rings. The van der Waals surface area contributed by atoms with Crippen LogP contribution in [0.4, 0.5) is 0 Å². The van der Waals surface area contributed by atoms with Crippen LogP contribution in [0.1, 0.15) is 21.5 Å². The van der Waals surface area contributed by atoms with Crippen LogP contribution in [0.3, 0.4) is 0 Å².